The third-order valence-electron chi connectivity index (χ3n) is 4.89. The lowest BCUT2D eigenvalue weighted by atomic mass is 9.76. The van der Waals surface area contributed by atoms with Gasteiger partial charge < -0.3 is 14.8 Å². The minimum atomic E-state index is 0. The van der Waals surface area contributed by atoms with Crippen molar-refractivity contribution in [2.24, 2.45) is 5.92 Å². The van der Waals surface area contributed by atoms with E-state index in [1.165, 1.54) is 24.8 Å². The van der Waals surface area contributed by atoms with Gasteiger partial charge in [-0.25, -0.2) is 0 Å². The monoisotopic (exact) mass is 362 g/mol. The van der Waals surface area contributed by atoms with Gasteiger partial charge in [-0.2, -0.15) is 0 Å². The van der Waals surface area contributed by atoms with Gasteiger partial charge in [0.15, 0.2) is 11.5 Å². The van der Waals surface area contributed by atoms with Crippen LogP contribution in [0.1, 0.15) is 30.9 Å². The number of benzene rings is 1. The summed E-state index contributed by atoms with van der Waals surface area (Å²) < 4.78 is 11.2. The van der Waals surface area contributed by atoms with Gasteiger partial charge in [0.25, 0.3) is 0 Å². The fraction of sp³-hybridized carbons (Fsp3) is 0.647. The molecule has 0 amide bonds. The molecule has 3 rings (SSSR count). The number of ether oxygens (including phenoxy) is 2. The normalized spacial score (nSPS) is 19.7. The summed E-state index contributed by atoms with van der Waals surface area (Å²) in [5, 5.41) is 3.45. The Morgan fingerprint density at radius 1 is 1.09 bits per heavy atom. The van der Waals surface area contributed by atoms with Gasteiger partial charge in [0.1, 0.15) is 0 Å². The highest BCUT2D eigenvalue weighted by Gasteiger charge is 2.35. The van der Waals surface area contributed by atoms with Gasteiger partial charge in [0, 0.05) is 37.8 Å². The molecule has 2 aliphatic rings. The second-order valence-electron chi connectivity index (χ2n) is 6.00. The Labute approximate surface area is 151 Å². The molecule has 0 unspecified atom stereocenters. The molecule has 0 radical (unpaired) electrons. The first kappa shape index (κ1) is 20.4. The van der Waals surface area contributed by atoms with Crippen molar-refractivity contribution in [3.8, 4) is 11.5 Å². The van der Waals surface area contributed by atoms with E-state index < -0.39 is 0 Å². The van der Waals surface area contributed by atoms with E-state index in [2.05, 4.69) is 22.3 Å². The van der Waals surface area contributed by atoms with Crippen molar-refractivity contribution in [1.29, 1.82) is 0 Å². The van der Waals surface area contributed by atoms with Gasteiger partial charge in [-0.3, -0.25) is 4.90 Å². The van der Waals surface area contributed by atoms with Gasteiger partial charge in [-0.15, -0.1) is 24.8 Å². The smallest absolute Gasteiger partial charge is 0.165 e. The summed E-state index contributed by atoms with van der Waals surface area (Å²) >= 11 is 0. The maximum Gasteiger partial charge on any atom is 0.165 e. The standard InChI is InChI=1S/C17H26N2O2.2ClH/c1-20-15-8-4-7-14(17(15)21-2)16(13-5-3-6-13)19-11-9-18-10-12-19;;/h4,7-8,13,16,18H,3,5-6,9-12H2,1-2H3;2*1H/t16-;;/m0../s1. The van der Waals surface area contributed by atoms with Crippen LogP contribution < -0.4 is 14.8 Å². The van der Waals surface area contributed by atoms with E-state index in [0.717, 1.165) is 43.6 Å². The molecule has 1 atom stereocenters. The number of hydrogen-bond acceptors (Lipinski definition) is 4. The zero-order valence-corrected chi connectivity index (χ0v) is 15.5. The quantitative estimate of drug-likeness (QED) is 0.871. The maximum atomic E-state index is 5.69. The van der Waals surface area contributed by atoms with Gasteiger partial charge in [-0.1, -0.05) is 18.6 Å². The largest absolute Gasteiger partial charge is 0.493 e. The van der Waals surface area contributed by atoms with E-state index in [4.69, 9.17) is 9.47 Å². The minimum absolute atomic E-state index is 0. The van der Waals surface area contributed by atoms with Crippen LogP contribution in [-0.2, 0) is 0 Å². The molecule has 1 saturated carbocycles. The van der Waals surface area contributed by atoms with E-state index in [1.807, 2.05) is 6.07 Å². The highest BCUT2D eigenvalue weighted by molar-refractivity contribution is 5.85. The Bertz CT molecular complexity index is 478. The Morgan fingerprint density at radius 3 is 2.30 bits per heavy atom. The van der Waals surface area contributed by atoms with Crippen LogP contribution >= 0.6 is 24.8 Å². The predicted octanol–water partition coefficient (Wildman–Crippen LogP) is 3.29. The van der Waals surface area contributed by atoms with Gasteiger partial charge in [0.2, 0.25) is 0 Å². The number of para-hydroxylation sites is 1. The third-order valence-corrected chi connectivity index (χ3v) is 4.89. The molecule has 132 valence electrons. The van der Waals surface area contributed by atoms with E-state index >= 15 is 0 Å². The number of halogens is 2. The summed E-state index contributed by atoms with van der Waals surface area (Å²) in [7, 11) is 3.46. The average Bonchev–Trinajstić information content (AvgIpc) is 2.50. The molecule has 2 fully saturated rings. The molecular formula is C17H28Cl2N2O2. The number of nitrogens with zero attached hydrogens (tertiary/aromatic N) is 1. The molecular weight excluding hydrogens is 335 g/mol. The summed E-state index contributed by atoms with van der Waals surface area (Å²) in [4.78, 5) is 2.62. The lowest BCUT2D eigenvalue weighted by Gasteiger charge is -2.43. The Kier molecular flexibility index (Phi) is 8.48. The molecule has 0 aromatic heterocycles. The van der Waals surface area contributed by atoms with E-state index in [1.54, 1.807) is 14.2 Å². The average molecular weight is 363 g/mol. The molecule has 4 nitrogen and oxygen atoms in total. The lowest BCUT2D eigenvalue weighted by molar-refractivity contribution is 0.0815. The second kappa shape index (κ2) is 9.58. The van der Waals surface area contributed by atoms with Crippen LogP contribution in [0.4, 0.5) is 0 Å². The maximum absolute atomic E-state index is 5.69. The van der Waals surface area contributed by atoms with Crippen molar-refractivity contribution in [2.45, 2.75) is 25.3 Å². The molecule has 1 aliphatic heterocycles. The SMILES string of the molecule is COc1cccc([C@H](C2CCC2)N2CCNCC2)c1OC.Cl.Cl. The van der Waals surface area contributed by atoms with Crippen LogP contribution in [0.5, 0.6) is 11.5 Å². The molecule has 23 heavy (non-hydrogen) atoms. The van der Waals surface area contributed by atoms with Crippen molar-refractivity contribution >= 4 is 24.8 Å². The summed E-state index contributed by atoms with van der Waals surface area (Å²) in [5.41, 5.74) is 1.29. The first-order valence-electron chi connectivity index (χ1n) is 8.01. The molecule has 1 aliphatic carbocycles. The molecule has 1 aromatic carbocycles. The highest BCUT2D eigenvalue weighted by Crippen LogP contribution is 2.46. The predicted molar refractivity (Wildman–Crippen MR) is 98.6 cm³/mol. The molecule has 0 bridgehead atoms. The summed E-state index contributed by atoms with van der Waals surface area (Å²) in [6, 6.07) is 6.75. The van der Waals surface area contributed by atoms with Crippen molar-refractivity contribution in [1.82, 2.24) is 10.2 Å². The zero-order chi connectivity index (χ0) is 14.7. The third kappa shape index (κ3) is 4.24. The molecule has 1 heterocycles. The van der Waals surface area contributed by atoms with Crippen molar-refractivity contribution < 1.29 is 9.47 Å². The number of piperazine rings is 1. The van der Waals surface area contributed by atoms with Crippen molar-refractivity contribution in [3.05, 3.63) is 23.8 Å². The lowest BCUT2D eigenvalue weighted by Crippen LogP contribution is -2.47. The molecule has 1 aromatic rings. The second-order valence-corrected chi connectivity index (χ2v) is 6.00. The topological polar surface area (TPSA) is 33.7 Å². The van der Waals surface area contributed by atoms with Crippen LogP contribution in [0.3, 0.4) is 0 Å². The van der Waals surface area contributed by atoms with Crippen LogP contribution in [0, 0.1) is 5.92 Å². The van der Waals surface area contributed by atoms with Crippen molar-refractivity contribution in [3.63, 3.8) is 0 Å². The van der Waals surface area contributed by atoms with Gasteiger partial charge in [0.05, 0.1) is 14.2 Å². The number of rotatable bonds is 5. The highest BCUT2D eigenvalue weighted by atomic mass is 35.5. The van der Waals surface area contributed by atoms with E-state index in [-0.39, 0.29) is 24.8 Å². The number of methoxy groups -OCH3 is 2. The Hall–Kier alpha value is -0.680. The summed E-state index contributed by atoms with van der Waals surface area (Å²) in [6.45, 7) is 4.38. The fourth-order valence-corrected chi connectivity index (χ4v) is 3.61. The summed E-state index contributed by atoms with van der Waals surface area (Å²) in [6.07, 6.45) is 4.02. The number of nitrogens with one attached hydrogen (secondary N) is 1. The van der Waals surface area contributed by atoms with E-state index in [0.29, 0.717) is 6.04 Å². The number of hydrogen-bond donors (Lipinski definition) is 1. The van der Waals surface area contributed by atoms with E-state index in [9.17, 15) is 0 Å². The summed E-state index contributed by atoms with van der Waals surface area (Å²) in [5.74, 6) is 2.51. The Morgan fingerprint density at radius 2 is 1.78 bits per heavy atom. The van der Waals surface area contributed by atoms with Crippen LogP contribution in [-0.4, -0.2) is 45.3 Å². The Balaban J connectivity index is 0.00000132. The first-order valence-corrected chi connectivity index (χ1v) is 8.01. The molecule has 1 N–H and O–H groups in total. The van der Waals surface area contributed by atoms with Crippen molar-refractivity contribution in [2.75, 3.05) is 40.4 Å². The first-order chi connectivity index (χ1) is 10.3. The van der Waals surface area contributed by atoms with Crippen LogP contribution in [0.25, 0.3) is 0 Å². The van der Waals surface area contributed by atoms with Gasteiger partial charge in [-0.05, 0) is 24.8 Å². The van der Waals surface area contributed by atoms with Gasteiger partial charge >= 0.3 is 0 Å². The van der Waals surface area contributed by atoms with Crippen LogP contribution in [0.2, 0.25) is 0 Å². The zero-order valence-electron chi connectivity index (χ0n) is 13.9. The molecule has 1 saturated heterocycles. The van der Waals surface area contributed by atoms with Crippen LogP contribution in [0.15, 0.2) is 18.2 Å². The molecule has 6 heteroatoms. The fourth-order valence-electron chi connectivity index (χ4n) is 3.61. The molecule has 0 spiro atoms. The minimum Gasteiger partial charge on any atom is -0.493 e.